The van der Waals surface area contributed by atoms with Crippen LogP contribution in [0.4, 0.5) is 4.39 Å². The van der Waals surface area contributed by atoms with Gasteiger partial charge in [0.25, 0.3) is 5.91 Å². The molecule has 5 aromatic rings. The van der Waals surface area contributed by atoms with Crippen molar-refractivity contribution in [3.05, 3.63) is 131 Å². The molecule has 0 aliphatic carbocycles. The van der Waals surface area contributed by atoms with E-state index in [4.69, 9.17) is 0 Å². The second-order valence-corrected chi connectivity index (χ2v) is 10.4. The van der Waals surface area contributed by atoms with Crippen LogP contribution < -0.4 is 5.32 Å². The normalized spacial score (nSPS) is 11.1. The number of nitrogens with one attached hydrogen (secondary N) is 1. The molecule has 2 aromatic heterocycles. The Morgan fingerprint density at radius 2 is 1.50 bits per heavy atom. The first-order chi connectivity index (χ1) is 19.5. The molecule has 1 amide bonds. The molecule has 0 radical (unpaired) electrons. The van der Waals surface area contributed by atoms with Crippen LogP contribution in [0.15, 0.2) is 96.2 Å². The van der Waals surface area contributed by atoms with E-state index in [0.717, 1.165) is 11.4 Å². The van der Waals surface area contributed by atoms with E-state index in [1.54, 1.807) is 16.8 Å². The highest BCUT2D eigenvalue weighted by molar-refractivity contribution is 7.98. The van der Waals surface area contributed by atoms with E-state index in [-0.39, 0.29) is 23.3 Å². The van der Waals surface area contributed by atoms with E-state index >= 15 is 0 Å². The minimum atomic E-state index is -0.354. The zero-order valence-electron chi connectivity index (χ0n) is 22.3. The predicted octanol–water partition coefficient (Wildman–Crippen LogP) is 6.06. The zero-order chi connectivity index (χ0) is 27.9. The van der Waals surface area contributed by atoms with Crippen molar-refractivity contribution in [1.29, 1.82) is 0 Å². The molecule has 2 heterocycles. The van der Waals surface area contributed by atoms with Crippen LogP contribution in [0.1, 0.15) is 51.0 Å². The second-order valence-electron chi connectivity index (χ2n) is 9.41. The van der Waals surface area contributed by atoms with Gasteiger partial charge in [0.15, 0.2) is 10.9 Å². The molecule has 0 atom stereocenters. The summed E-state index contributed by atoms with van der Waals surface area (Å²) in [4.78, 5) is 22.4. The number of aromatic nitrogens is 5. The zero-order valence-corrected chi connectivity index (χ0v) is 23.1. The van der Waals surface area contributed by atoms with Gasteiger partial charge in [-0.25, -0.2) is 19.0 Å². The largest absolute Gasteiger partial charge is 0.351 e. The molecule has 9 heteroatoms. The fourth-order valence-electron chi connectivity index (χ4n) is 4.60. The number of halogens is 1. The van der Waals surface area contributed by atoms with Crippen LogP contribution >= 0.6 is 11.8 Å². The Bertz CT molecular complexity index is 1520. The average molecular weight is 553 g/mol. The highest BCUT2D eigenvalue weighted by atomic mass is 32.2. The highest BCUT2D eigenvalue weighted by Gasteiger charge is 2.22. The van der Waals surface area contributed by atoms with Crippen molar-refractivity contribution in [1.82, 2.24) is 30.3 Å². The van der Waals surface area contributed by atoms with E-state index < -0.39 is 0 Å². The molecule has 40 heavy (non-hydrogen) atoms. The van der Waals surface area contributed by atoms with Crippen LogP contribution in [-0.4, -0.2) is 37.4 Å². The smallest absolute Gasteiger partial charge is 0.273 e. The lowest BCUT2D eigenvalue weighted by Crippen LogP contribution is -2.27. The number of amides is 1. The first kappa shape index (κ1) is 27.2. The summed E-state index contributed by atoms with van der Waals surface area (Å²) in [6.07, 6.45) is 0.715. The second kappa shape index (κ2) is 12.7. The fraction of sp³-hybridized carbons (Fsp3) is 0.194. The molecule has 5 rings (SSSR count). The molecule has 0 fully saturated rings. The van der Waals surface area contributed by atoms with Gasteiger partial charge in [-0.15, -0.1) is 5.10 Å². The minimum absolute atomic E-state index is 0.134. The van der Waals surface area contributed by atoms with E-state index in [0.29, 0.717) is 35.3 Å². The van der Waals surface area contributed by atoms with Crippen molar-refractivity contribution in [2.45, 2.75) is 37.1 Å². The molecule has 0 aliphatic heterocycles. The van der Waals surface area contributed by atoms with Gasteiger partial charge < -0.3 is 5.32 Å². The number of hydrogen-bond donors (Lipinski definition) is 1. The minimum Gasteiger partial charge on any atom is -0.351 e. The van der Waals surface area contributed by atoms with Gasteiger partial charge in [-0.05, 0) is 61.7 Å². The lowest BCUT2D eigenvalue weighted by molar-refractivity contribution is 0.0947. The van der Waals surface area contributed by atoms with E-state index in [2.05, 4.69) is 49.9 Å². The number of rotatable bonds is 10. The SMILES string of the molecule is Cc1cc(C)nc(SCc2c(C(=O)NCCC(c3ccccc3)c3ccccc3)nnn2-c2ccc(F)cc2)n1. The molecule has 0 saturated carbocycles. The van der Waals surface area contributed by atoms with Crippen LogP contribution in [0, 0.1) is 19.7 Å². The summed E-state index contributed by atoms with van der Waals surface area (Å²) in [7, 11) is 0. The van der Waals surface area contributed by atoms with E-state index in [1.165, 1.54) is 35.0 Å². The molecule has 1 N–H and O–H groups in total. The first-order valence-electron chi connectivity index (χ1n) is 13.0. The van der Waals surface area contributed by atoms with Crippen molar-refractivity contribution in [3.8, 4) is 5.69 Å². The van der Waals surface area contributed by atoms with Crippen LogP contribution in [0.25, 0.3) is 5.69 Å². The number of hydrogen-bond acceptors (Lipinski definition) is 6. The van der Waals surface area contributed by atoms with Gasteiger partial charge in [-0.1, -0.05) is 77.6 Å². The predicted molar refractivity (Wildman–Crippen MR) is 154 cm³/mol. The quantitative estimate of drug-likeness (QED) is 0.168. The van der Waals surface area contributed by atoms with Gasteiger partial charge in [0.2, 0.25) is 0 Å². The Balaban J connectivity index is 1.36. The summed E-state index contributed by atoms with van der Waals surface area (Å²) in [6.45, 7) is 4.28. The van der Waals surface area contributed by atoms with Gasteiger partial charge in [-0.2, -0.15) is 0 Å². The van der Waals surface area contributed by atoms with Crippen molar-refractivity contribution < 1.29 is 9.18 Å². The molecule has 7 nitrogen and oxygen atoms in total. The molecular formula is C31H29FN6OS. The van der Waals surface area contributed by atoms with Crippen LogP contribution in [0.3, 0.4) is 0 Å². The molecular weight excluding hydrogens is 523 g/mol. The number of benzene rings is 3. The lowest BCUT2D eigenvalue weighted by atomic mass is 9.88. The molecule has 0 spiro atoms. The maximum atomic E-state index is 13.6. The van der Waals surface area contributed by atoms with Crippen LogP contribution in [0.5, 0.6) is 0 Å². The summed E-state index contributed by atoms with van der Waals surface area (Å²) < 4.78 is 15.2. The Morgan fingerprint density at radius 1 is 0.900 bits per heavy atom. The summed E-state index contributed by atoms with van der Waals surface area (Å²) in [5.41, 5.74) is 5.52. The van der Waals surface area contributed by atoms with Crippen molar-refractivity contribution in [2.24, 2.45) is 0 Å². The number of carbonyl (C=O) groups excluding carboxylic acids is 1. The maximum Gasteiger partial charge on any atom is 0.273 e. The van der Waals surface area contributed by atoms with Crippen LogP contribution in [0.2, 0.25) is 0 Å². The number of aryl methyl sites for hydroxylation is 2. The first-order valence-corrected chi connectivity index (χ1v) is 14.0. The summed E-state index contributed by atoms with van der Waals surface area (Å²) in [5, 5.41) is 12.1. The third-order valence-electron chi connectivity index (χ3n) is 6.47. The Hall–Kier alpha value is -4.37. The third-order valence-corrected chi connectivity index (χ3v) is 7.33. The Kier molecular flexibility index (Phi) is 8.61. The summed E-state index contributed by atoms with van der Waals surface area (Å²) in [6, 6.07) is 28.4. The average Bonchev–Trinajstić information content (AvgIpc) is 3.39. The van der Waals surface area contributed by atoms with Crippen molar-refractivity contribution in [2.75, 3.05) is 6.54 Å². The van der Waals surface area contributed by atoms with Crippen molar-refractivity contribution in [3.63, 3.8) is 0 Å². The standard InChI is InChI=1S/C31H29FN6OS/c1-21-19-22(2)35-31(34-21)40-20-28-29(36-37-38(28)26-15-13-25(32)14-16-26)30(39)33-18-17-27(23-9-5-3-6-10-23)24-11-7-4-8-12-24/h3-16,19,27H,17-18,20H2,1-2H3,(H,33,39). The third kappa shape index (κ3) is 6.60. The van der Waals surface area contributed by atoms with Gasteiger partial charge in [0.05, 0.1) is 11.4 Å². The molecule has 0 saturated heterocycles. The Morgan fingerprint density at radius 3 is 2.10 bits per heavy atom. The van der Waals surface area contributed by atoms with Crippen molar-refractivity contribution >= 4 is 17.7 Å². The molecule has 0 aliphatic rings. The maximum absolute atomic E-state index is 13.6. The molecule has 0 bridgehead atoms. The fourth-order valence-corrected chi connectivity index (χ4v) is 5.54. The summed E-state index contributed by atoms with van der Waals surface area (Å²) >= 11 is 1.40. The van der Waals surface area contributed by atoms with Gasteiger partial charge >= 0.3 is 0 Å². The van der Waals surface area contributed by atoms with Gasteiger partial charge in [0.1, 0.15) is 5.82 Å². The summed E-state index contributed by atoms with van der Waals surface area (Å²) in [5.74, 6) is -0.181. The Labute approximate surface area is 236 Å². The van der Waals surface area contributed by atoms with E-state index in [1.807, 2.05) is 56.3 Å². The monoisotopic (exact) mass is 552 g/mol. The van der Waals surface area contributed by atoms with E-state index in [9.17, 15) is 9.18 Å². The number of thioether (sulfide) groups is 1. The highest BCUT2D eigenvalue weighted by Crippen LogP contribution is 2.28. The number of carbonyl (C=O) groups is 1. The molecule has 0 unspecified atom stereocenters. The molecule has 202 valence electrons. The van der Waals surface area contributed by atoms with Crippen LogP contribution in [-0.2, 0) is 5.75 Å². The number of nitrogens with zero attached hydrogens (tertiary/aromatic N) is 5. The topological polar surface area (TPSA) is 85.6 Å². The lowest BCUT2D eigenvalue weighted by Gasteiger charge is -2.18. The van der Waals surface area contributed by atoms with Gasteiger partial charge in [-0.3, -0.25) is 4.79 Å². The van der Waals surface area contributed by atoms with Gasteiger partial charge in [0, 0.05) is 29.6 Å². The molecule has 3 aromatic carbocycles.